The van der Waals surface area contributed by atoms with Crippen molar-refractivity contribution in [2.24, 2.45) is 0 Å². The van der Waals surface area contributed by atoms with E-state index in [1.165, 1.54) is 0 Å². The van der Waals surface area contributed by atoms with Crippen LogP contribution < -0.4 is 0 Å². The molecule has 0 aliphatic rings. The molecular formula is C13H18BrCl2O3P. The predicted octanol–water partition coefficient (Wildman–Crippen LogP) is 5.12. The molecule has 2 N–H and O–H groups in total. The first-order valence-electron chi connectivity index (χ1n) is 6.28. The lowest BCUT2D eigenvalue weighted by Gasteiger charge is -2.34. The zero-order chi connectivity index (χ0) is 15.6. The molecule has 0 radical (unpaired) electrons. The van der Waals surface area contributed by atoms with Crippen molar-refractivity contribution in [3.63, 3.8) is 0 Å². The van der Waals surface area contributed by atoms with Gasteiger partial charge in [0.1, 0.15) is 0 Å². The van der Waals surface area contributed by atoms with Crippen LogP contribution in [0, 0.1) is 0 Å². The van der Waals surface area contributed by atoms with Crippen LogP contribution in [0.2, 0.25) is 10.0 Å². The molecule has 0 bridgehead atoms. The van der Waals surface area contributed by atoms with Gasteiger partial charge in [-0.05, 0) is 36.1 Å². The fourth-order valence-electron chi connectivity index (χ4n) is 2.53. The molecule has 0 aromatic heterocycles. The van der Waals surface area contributed by atoms with Gasteiger partial charge in [-0.3, -0.25) is 4.57 Å². The van der Waals surface area contributed by atoms with Crippen molar-refractivity contribution in [3.8, 4) is 0 Å². The molecule has 0 fully saturated rings. The summed E-state index contributed by atoms with van der Waals surface area (Å²) >= 11 is 15.5. The predicted molar refractivity (Wildman–Crippen MR) is 88.3 cm³/mol. The van der Waals surface area contributed by atoms with E-state index >= 15 is 0 Å². The highest BCUT2D eigenvalue weighted by Crippen LogP contribution is 2.48. The van der Waals surface area contributed by atoms with Crippen LogP contribution in [0.5, 0.6) is 0 Å². The Morgan fingerprint density at radius 2 is 1.70 bits per heavy atom. The van der Waals surface area contributed by atoms with E-state index in [0.717, 1.165) is 11.1 Å². The molecule has 3 nitrogen and oxygen atoms in total. The van der Waals surface area contributed by atoms with Crippen molar-refractivity contribution in [2.45, 2.75) is 37.4 Å². The van der Waals surface area contributed by atoms with Gasteiger partial charge in [0, 0.05) is 10.7 Å². The van der Waals surface area contributed by atoms with Crippen LogP contribution in [0.15, 0.2) is 12.1 Å². The third-order valence-electron chi connectivity index (χ3n) is 3.72. The lowest BCUT2D eigenvalue weighted by Crippen LogP contribution is -2.30. The minimum Gasteiger partial charge on any atom is -0.324 e. The SMILES string of the molecule is CCC(CC)(CP(=O)(O)O)c1cc(Cl)c(Cl)cc1CBr. The normalized spacial score (nSPS) is 12.8. The Kier molecular flexibility index (Phi) is 6.59. The monoisotopic (exact) mass is 402 g/mol. The summed E-state index contributed by atoms with van der Waals surface area (Å²) in [6.45, 7) is 3.86. The highest BCUT2D eigenvalue weighted by Gasteiger charge is 2.37. The summed E-state index contributed by atoms with van der Waals surface area (Å²) < 4.78 is 11.5. The maximum Gasteiger partial charge on any atom is 0.326 e. The maximum absolute atomic E-state index is 11.5. The molecule has 0 aliphatic carbocycles. The van der Waals surface area contributed by atoms with Gasteiger partial charge < -0.3 is 9.79 Å². The van der Waals surface area contributed by atoms with E-state index < -0.39 is 13.0 Å². The topological polar surface area (TPSA) is 57.5 Å². The Morgan fingerprint density at radius 1 is 1.20 bits per heavy atom. The number of rotatable bonds is 6. The average molecular weight is 404 g/mol. The fraction of sp³-hybridized carbons (Fsp3) is 0.538. The van der Waals surface area contributed by atoms with Crippen LogP contribution in [0.25, 0.3) is 0 Å². The molecule has 1 aromatic carbocycles. The zero-order valence-corrected chi connectivity index (χ0v) is 15.4. The summed E-state index contributed by atoms with van der Waals surface area (Å²) in [5, 5.41) is 1.41. The number of hydrogen-bond acceptors (Lipinski definition) is 1. The molecule has 0 heterocycles. The fourth-order valence-corrected chi connectivity index (χ4v) is 4.75. The van der Waals surface area contributed by atoms with Gasteiger partial charge in [-0.2, -0.15) is 0 Å². The molecule has 7 heteroatoms. The lowest BCUT2D eigenvalue weighted by molar-refractivity contribution is 0.340. The van der Waals surface area contributed by atoms with Crippen LogP contribution >= 0.6 is 46.7 Å². The Bertz CT molecular complexity index is 527. The number of hydrogen-bond donors (Lipinski definition) is 2. The third-order valence-corrected chi connectivity index (χ3v) is 6.07. The minimum absolute atomic E-state index is 0.190. The zero-order valence-electron chi connectivity index (χ0n) is 11.4. The van der Waals surface area contributed by atoms with Crippen molar-refractivity contribution in [1.82, 2.24) is 0 Å². The van der Waals surface area contributed by atoms with Crippen LogP contribution in [0.4, 0.5) is 0 Å². The quantitative estimate of drug-likeness (QED) is 0.511. The van der Waals surface area contributed by atoms with E-state index in [1.54, 1.807) is 12.1 Å². The molecule has 0 aliphatic heterocycles. The third kappa shape index (κ3) is 4.22. The summed E-state index contributed by atoms with van der Waals surface area (Å²) in [5.74, 6) is 0. The molecule has 0 unspecified atom stereocenters. The lowest BCUT2D eigenvalue weighted by atomic mass is 9.76. The summed E-state index contributed by atoms with van der Waals surface area (Å²) in [6.07, 6.45) is 1.05. The Labute approximate surface area is 138 Å². The van der Waals surface area contributed by atoms with E-state index in [4.69, 9.17) is 23.2 Å². The molecule has 1 rings (SSSR count). The van der Waals surface area contributed by atoms with Gasteiger partial charge in [0.05, 0.1) is 16.2 Å². The average Bonchev–Trinajstić information content (AvgIpc) is 2.37. The summed E-state index contributed by atoms with van der Waals surface area (Å²) in [5.41, 5.74) is 1.17. The van der Waals surface area contributed by atoms with Gasteiger partial charge >= 0.3 is 7.60 Å². The van der Waals surface area contributed by atoms with Crippen molar-refractivity contribution < 1.29 is 14.4 Å². The first-order chi connectivity index (χ1) is 9.19. The van der Waals surface area contributed by atoms with Crippen molar-refractivity contribution in [2.75, 3.05) is 6.16 Å². The number of halogens is 3. The largest absolute Gasteiger partial charge is 0.326 e. The van der Waals surface area contributed by atoms with Gasteiger partial charge in [-0.15, -0.1) is 0 Å². The van der Waals surface area contributed by atoms with Gasteiger partial charge in [-0.1, -0.05) is 53.0 Å². The van der Waals surface area contributed by atoms with E-state index in [-0.39, 0.29) is 6.16 Å². The molecule has 0 spiro atoms. The second kappa shape index (κ2) is 7.13. The van der Waals surface area contributed by atoms with Gasteiger partial charge in [0.2, 0.25) is 0 Å². The van der Waals surface area contributed by atoms with Crippen molar-refractivity contribution >= 4 is 46.7 Å². The van der Waals surface area contributed by atoms with Gasteiger partial charge in [0.25, 0.3) is 0 Å². The molecule has 1 aromatic rings. The first kappa shape index (κ1) is 18.5. The van der Waals surface area contributed by atoms with Crippen LogP contribution in [-0.4, -0.2) is 15.9 Å². The van der Waals surface area contributed by atoms with Crippen molar-refractivity contribution in [1.29, 1.82) is 0 Å². The summed E-state index contributed by atoms with van der Waals surface area (Å²) in [7, 11) is -4.13. The molecule has 0 atom stereocenters. The molecule has 20 heavy (non-hydrogen) atoms. The van der Waals surface area contributed by atoms with E-state index in [9.17, 15) is 14.4 Å². The van der Waals surface area contributed by atoms with Gasteiger partial charge in [-0.25, -0.2) is 0 Å². The highest BCUT2D eigenvalue weighted by atomic mass is 79.9. The van der Waals surface area contributed by atoms with Gasteiger partial charge in [0.15, 0.2) is 0 Å². The van der Waals surface area contributed by atoms with Crippen molar-refractivity contribution in [3.05, 3.63) is 33.3 Å². The summed E-state index contributed by atoms with van der Waals surface area (Å²) in [6, 6.07) is 3.50. The standard InChI is InChI=1S/C13H18BrCl2O3P/c1-3-13(4-2,8-20(17,18)19)10-6-12(16)11(15)5-9(10)7-14/h5-6H,3-4,7-8H2,1-2H3,(H2,17,18,19). The second-order valence-corrected chi connectivity index (χ2v) is 7.89. The van der Waals surface area contributed by atoms with Crippen LogP contribution in [-0.2, 0) is 15.3 Å². The molecule has 0 amide bonds. The minimum atomic E-state index is -4.13. The van der Waals surface area contributed by atoms with E-state index in [0.29, 0.717) is 28.2 Å². The number of benzene rings is 1. The molecule has 114 valence electrons. The van der Waals surface area contributed by atoms with Crippen LogP contribution in [0.3, 0.4) is 0 Å². The highest BCUT2D eigenvalue weighted by molar-refractivity contribution is 9.08. The number of alkyl halides is 1. The molecule has 0 saturated carbocycles. The summed E-state index contributed by atoms with van der Waals surface area (Å²) in [4.78, 5) is 18.8. The Morgan fingerprint density at radius 3 is 2.10 bits per heavy atom. The van der Waals surface area contributed by atoms with Crippen LogP contribution in [0.1, 0.15) is 37.8 Å². The van der Waals surface area contributed by atoms with E-state index in [1.807, 2.05) is 13.8 Å². The Hall–Kier alpha value is 0.430. The first-order valence-corrected chi connectivity index (χ1v) is 9.95. The smallest absolute Gasteiger partial charge is 0.324 e. The molecule has 0 saturated heterocycles. The maximum atomic E-state index is 11.5. The second-order valence-electron chi connectivity index (χ2n) is 4.87. The van der Waals surface area contributed by atoms with E-state index in [2.05, 4.69) is 15.9 Å². The molecular weight excluding hydrogens is 386 g/mol. The Balaban J connectivity index is 3.49.